The molecule has 5 N–H and O–H groups in total. The summed E-state index contributed by atoms with van der Waals surface area (Å²) in [7, 11) is 0. The number of benzene rings is 1. The molecule has 1 aromatic rings. The van der Waals surface area contributed by atoms with E-state index in [1.807, 2.05) is 6.92 Å². The lowest BCUT2D eigenvalue weighted by Gasteiger charge is -2.07. The van der Waals surface area contributed by atoms with Gasteiger partial charge in [0.15, 0.2) is 0 Å². The Bertz CT molecular complexity index is 389. The van der Waals surface area contributed by atoms with Gasteiger partial charge in [-0.1, -0.05) is 0 Å². The Labute approximate surface area is 99.7 Å². The van der Waals surface area contributed by atoms with Gasteiger partial charge in [0.1, 0.15) is 18.2 Å². The molecule has 0 spiro atoms. The van der Waals surface area contributed by atoms with Gasteiger partial charge in [-0.2, -0.15) is 0 Å². The number of anilines is 1. The second-order valence-corrected chi connectivity index (χ2v) is 3.32. The molecule has 6 nitrogen and oxygen atoms in total. The molecule has 1 aromatic carbocycles. The number of carbonyl (C=O) groups excluding carboxylic acids is 1. The number of amidine groups is 1. The minimum atomic E-state index is -0.245. The van der Waals surface area contributed by atoms with Crippen LogP contribution in [0, 0.1) is 5.41 Å². The van der Waals surface area contributed by atoms with Crippen molar-refractivity contribution >= 4 is 17.6 Å². The fourth-order valence-electron chi connectivity index (χ4n) is 1.13. The van der Waals surface area contributed by atoms with Gasteiger partial charge in [0.25, 0.3) is 0 Å². The Morgan fingerprint density at radius 3 is 2.59 bits per heavy atom. The second kappa shape index (κ2) is 6.37. The summed E-state index contributed by atoms with van der Waals surface area (Å²) in [5.74, 6) is 0.566. The van der Waals surface area contributed by atoms with Gasteiger partial charge in [0.2, 0.25) is 0 Å². The number of carbonyl (C=O) groups is 1. The van der Waals surface area contributed by atoms with Crippen LogP contribution in [0.15, 0.2) is 24.3 Å². The SMILES string of the molecule is CCNC(=O)Nc1ccc(OCC(=N)N)cc1. The molecule has 6 heteroatoms. The lowest BCUT2D eigenvalue weighted by molar-refractivity contribution is 0.252. The van der Waals surface area contributed by atoms with Crippen LogP contribution < -0.4 is 21.1 Å². The number of ether oxygens (including phenoxy) is 1. The highest BCUT2D eigenvalue weighted by Gasteiger charge is 2.00. The van der Waals surface area contributed by atoms with Crippen molar-refractivity contribution in [3.63, 3.8) is 0 Å². The van der Waals surface area contributed by atoms with Gasteiger partial charge in [-0.05, 0) is 31.2 Å². The van der Waals surface area contributed by atoms with E-state index in [1.54, 1.807) is 24.3 Å². The van der Waals surface area contributed by atoms with Crippen molar-refractivity contribution in [1.82, 2.24) is 5.32 Å². The van der Waals surface area contributed by atoms with Crippen LogP contribution >= 0.6 is 0 Å². The molecular weight excluding hydrogens is 220 g/mol. The highest BCUT2D eigenvalue weighted by molar-refractivity contribution is 5.89. The molecule has 0 aliphatic heterocycles. The van der Waals surface area contributed by atoms with E-state index < -0.39 is 0 Å². The van der Waals surface area contributed by atoms with Crippen molar-refractivity contribution in [3.05, 3.63) is 24.3 Å². The zero-order chi connectivity index (χ0) is 12.7. The summed E-state index contributed by atoms with van der Waals surface area (Å²) >= 11 is 0. The van der Waals surface area contributed by atoms with Crippen LogP contribution in [-0.4, -0.2) is 25.0 Å². The highest BCUT2D eigenvalue weighted by atomic mass is 16.5. The summed E-state index contributed by atoms with van der Waals surface area (Å²) in [6.45, 7) is 2.48. The van der Waals surface area contributed by atoms with E-state index in [4.69, 9.17) is 15.9 Å². The van der Waals surface area contributed by atoms with Crippen LogP contribution in [0.3, 0.4) is 0 Å². The van der Waals surface area contributed by atoms with Crippen LogP contribution in [0.25, 0.3) is 0 Å². The van der Waals surface area contributed by atoms with Crippen LogP contribution in [-0.2, 0) is 0 Å². The molecule has 0 radical (unpaired) electrons. The minimum absolute atomic E-state index is 0.0328. The van der Waals surface area contributed by atoms with E-state index in [-0.39, 0.29) is 18.5 Å². The Hall–Kier alpha value is -2.24. The monoisotopic (exact) mass is 236 g/mol. The van der Waals surface area contributed by atoms with Crippen LogP contribution in [0.4, 0.5) is 10.5 Å². The van der Waals surface area contributed by atoms with Crippen molar-refractivity contribution in [2.45, 2.75) is 6.92 Å². The molecule has 0 heterocycles. The standard InChI is InChI=1S/C11H16N4O2/c1-2-14-11(16)15-8-3-5-9(6-4-8)17-7-10(12)13/h3-6H,2,7H2,1H3,(H3,12,13)(H2,14,15,16). The second-order valence-electron chi connectivity index (χ2n) is 3.32. The number of amides is 2. The number of rotatable bonds is 5. The number of hydrogen-bond donors (Lipinski definition) is 4. The fourth-order valence-corrected chi connectivity index (χ4v) is 1.13. The molecule has 0 saturated carbocycles. The average Bonchev–Trinajstić information content (AvgIpc) is 2.28. The minimum Gasteiger partial charge on any atom is -0.486 e. The van der Waals surface area contributed by atoms with E-state index in [2.05, 4.69) is 10.6 Å². The number of urea groups is 1. The molecule has 0 aliphatic rings. The molecule has 0 fully saturated rings. The van der Waals surface area contributed by atoms with Crippen LogP contribution in [0.2, 0.25) is 0 Å². The zero-order valence-electron chi connectivity index (χ0n) is 9.62. The van der Waals surface area contributed by atoms with E-state index in [0.717, 1.165) is 0 Å². The van der Waals surface area contributed by atoms with Crippen molar-refractivity contribution in [2.24, 2.45) is 5.73 Å². The predicted octanol–water partition coefficient (Wildman–Crippen LogP) is 1.14. The van der Waals surface area contributed by atoms with Crippen molar-refractivity contribution in [3.8, 4) is 5.75 Å². The molecule has 0 aromatic heterocycles. The summed E-state index contributed by atoms with van der Waals surface area (Å²) in [4.78, 5) is 11.2. The van der Waals surface area contributed by atoms with E-state index in [1.165, 1.54) is 0 Å². The number of hydrogen-bond acceptors (Lipinski definition) is 3. The largest absolute Gasteiger partial charge is 0.486 e. The van der Waals surface area contributed by atoms with Gasteiger partial charge in [-0.3, -0.25) is 5.41 Å². The molecule has 0 aliphatic carbocycles. The van der Waals surface area contributed by atoms with E-state index in [0.29, 0.717) is 18.0 Å². The molecular formula is C11H16N4O2. The van der Waals surface area contributed by atoms with Crippen LogP contribution in [0.1, 0.15) is 6.92 Å². The average molecular weight is 236 g/mol. The number of nitrogens with one attached hydrogen (secondary N) is 3. The van der Waals surface area contributed by atoms with Crippen molar-refractivity contribution < 1.29 is 9.53 Å². The predicted molar refractivity (Wildman–Crippen MR) is 66.5 cm³/mol. The zero-order valence-corrected chi connectivity index (χ0v) is 9.62. The molecule has 17 heavy (non-hydrogen) atoms. The Balaban J connectivity index is 2.49. The molecule has 0 unspecified atom stereocenters. The summed E-state index contributed by atoms with van der Waals surface area (Å²) in [5, 5.41) is 12.3. The first-order valence-corrected chi connectivity index (χ1v) is 5.22. The van der Waals surface area contributed by atoms with Gasteiger partial charge in [-0.15, -0.1) is 0 Å². The molecule has 2 amide bonds. The first kappa shape index (κ1) is 12.8. The highest BCUT2D eigenvalue weighted by Crippen LogP contribution is 2.15. The molecule has 92 valence electrons. The van der Waals surface area contributed by atoms with Crippen molar-refractivity contribution in [1.29, 1.82) is 5.41 Å². The van der Waals surface area contributed by atoms with Gasteiger partial charge >= 0.3 is 6.03 Å². The van der Waals surface area contributed by atoms with E-state index in [9.17, 15) is 4.79 Å². The van der Waals surface area contributed by atoms with Gasteiger partial charge in [0, 0.05) is 12.2 Å². The Morgan fingerprint density at radius 2 is 2.06 bits per heavy atom. The third-order valence-corrected chi connectivity index (χ3v) is 1.84. The summed E-state index contributed by atoms with van der Waals surface area (Å²) in [6, 6.07) is 6.58. The maximum absolute atomic E-state index is 11.2. The van der Waals surface area contributed by atoms with Crippen molar-refractivity contribution in [2.75, 3.05) is 18.5 Å². The molecule has 0 bridgehead atoms. The maximum atomic E-state index is 11.2. The summed E-state index contributed by atoms with van der Waals surface area (Å²) in [6.07, 6.45) is 0. The molecule has 1 rings (SSSR count). The fraction of sp³-hybridized carbons (Fsp3) is 0.273. The smallest absolute Gasteiger partial charge is 0.319 e. The Morgan fingerprint density at radius 1 is 1.41 bits per heavy atom. The summed E-state index contributed by atoms with van der Waals surface area (Å²) in [5.41, 5.74) is 5.83. The normalized spacial score (nSPS) is 9.47. The quantitative estimate of drug-likeness (QED) is 0.455. The Kier molecular flexibility index (Phi) is 4.80. The van der Waals surface area contributed by atoms with E-state index >= 15 is 0 Å². The van der Waals surface area contributed by atoms with Crippen LogP contribution in [0.5, 0.6) is 5.75 Å². The topological polar surface area (TPSA) is 100 Å². The lowest BCUT2D eigenvalue weighted by Crippen LogP contribution is -2.28. The molecule has 0 atom stereocenters. The third-order valence-electron chi connectivity index (χ3n) is 1.84. The third kappa shape index (κ3) is 4.87. The van der Waals surface area contributed by atoms with Gasteiger partial charge in [0.05, 0.1) is 0 Å². The first-order valence-electron chi connectivity index (χ1n) is 5.22. The van der Waals surface area contributed by atoms with Gasteiger partial charge in [-0.25, -0.2) is 4.79 Å². The molecule has 0 saturated heterocycles. The lowest BCUT2D eigenvalue weighted by atomic mass is 10.3. The van der Waals surface area contributed by atoms with Gasteiger partial charge < -0.3 is 21.1 Å². The number of nitrogens with two attached hydrogens (primary N) is 1. The summed E-state index contributed by atoms with van der Waals surface area (Å²) < 4.78 is 5.20. The first-order chi connectivity index (χ1) is 8.11. The maximum Gasteiger partial charge on any atom is 0.319 e.